The first kappa shape index (κ1) is 16.0. The summed E-state index contributed by atoms with van der Waals surface area (Å²) < 4.78 is 0.985. The second-order valence-electron chi connectivity index (χ2n) is 6.30. The lowest BCUT2D eigenvalue weighted by molar-refractivity contribution is 0.0769. The van der Waals surface area contributed by atoms with Crippen molar-refractivity contribution in [3.63, 3.8) is 0 Å². The average molecular weight is 352 g/mol. The van der Waals surface area contributed by atoms with Crippen molar-refractivity contribution >= 4 is 33.1 Å². The molecule has 0 saturated carbocycles. The van der Waals surface area contributed by atoms with Gasteiger partial charge in [0.05, 0.1) is 21.3 Å². The molecule has 0 N–H and O–H groups in total. The quantitative estimate of drug-likeness (QED) is 0.710. The number of fused-ring (bicyclic) bond motifs is 1. The van der Waals surface area contributed by atoms with Crippen LogP contribution in [0.15, 0.2) is 42.2 Å². The van der Waals surface area contributed by atoms with Crippen LogP contribution in [0.5, 0.6) is 0 Å². The van der Waals surface area contributed by atoms with Crippen LogP contribution in [0.4, 0.5) is 5.69 Å². The summed E-state index contributed by atoms with van der Waals surface area (Å²) in [5.74, 6) is 0.114. The van der Waals surface area contributed by atoms with E-state index in [0.717, 1.165) is 48.4 Å². The third kappa shape index (κ3) is 3.09. The van der Waals surface area contributed by atoms with E-state index >= 15 is 0 Å². The van der Waals surface area contributed by atoms with Gasteiger partial charge in [0.2, 0.25) is 0 Å². The van der Waals surface area contributed by atoms with Crippen molar-refractivity contribution < 1.29 is 4.79 Å². The SMILES string of the molecule is Cc1cnccc1N1CCCN(C(=O)c2cccc3ncsc23)CC1. The standard InChI is InChI=1S/C19H20N4OS/c1-14-12-20-7-6-17(14)22-8-3-9-23(11-10-22)19(24)15-4-2-5-16-18(15)25-13-21-16/h2,4-7,12-13H,3,8-11H2,1H3. The van der Waals surface area contributed by atoms with Gasteiger partial charge < -0.3 is 9.80 Å². The minimum atomic E-state index is 0.114. The van der Waals surface area contributed by atoms with Gasteiger partial charge in [0.25, 0.3) is 5.91 Å². The lowest BCUT2D eigenvalue weighted by atomic mass is 10.2. The number of aryl methyl sites for hydroxylation is 1. The van der Waals surface area contributed by atoms with Gasteiger partial charge in [0.1, 0.15) is 0 Å². The summed E-state index contributed by atoms with van der Waals surface area (Å²) in [7, 11) is 0. The van der Waals surface area contributed by atoms with E-state index < -0.39 is 0 Å². The maximum Gasteiger partial charge on any atom is 0.255 e. The van der Waals surface area contributed by atoms with Gasteiger partial charge in [-0.2, -0.15) is 0 Å². The van der Waals surface area contributed by atoms with Crippen molar-refractivity contribution in [3.8, 4) is 0 Å². The number of carbonyl (C=O) groups excluding carboxylic acids is 1. The number of amides is 1. The van der Waals surface area contributed by atoms with Crippen molar-refractivity contribution in [1.82, 2.24) is 14.9 Å². The summed E-state index contributed by atoms with van der Waals surface area (Å²) in [4.78, 5) is 25.9. The molecule has 1 aromatic carbocycles. The number of carbonyl (C=O) groups is 1. The molecule has 4 rings (SSSR count). The Labute approximate surface area is 150 Å². The predicted octanol–water partition coefficient (Wildman–Crippen LogP) is 3.35. The molecule has 128 valence electrons. The normalized spacial score (nSPS) is 15.4. The Kier molecular flexibility index (Phi) is 4.36. The lowest BCUT2D eigenvalue weighted by Gasteiger charge is -2.25. The van der Waals surface area contributed by atoms with Crippen LogP contribution in [-0.2, 0) is 0 Å². The third-order valence-electron chi connectivity index (χ3n) is 4.70. The summed E-state index contributed by atoms with van der Waals surface area (Å²) in [5, 5.41) is 0. The first-order valence-electron chi connectivity index (χ1n) is 8.51. The Hall–Kier alpha value is -2.47. The topological polar surface area (TPSA) is 49.3 Å². The molecule has 1 fully saturated rings. The Morgan fingerprint density at radius 3 is 2.96 bits per heavy atom. The van der Waals surface area contributed by atoms with E-state index in [2.05, 4.69) is 27.9 Å². The monoisotopic (exact) mass is 352 g/mol. The van der Waals surface area contributed by atoms with Crippen molar-refractivity contribution in [3.05, 3.63) is 53.3 Å². The van der Waals surface area contributed by atoms with Gasteiger partial charge in [-0.15, -0.1) is 11.3 Å². The maximum atomic E-state index is 13.1. The first-order chi connectivity index (χ1) is 12.2. The zero-order valence-corrected chi connectivity index (χ0v) is 15.0. The molecule has 5 nitrogen and oxygen atoms in total. The highest BCUT2D eigenvalue weighted by atomic mass is 32.1. The Balaban J connectivity index is 1.54. The zero-order chi connectivity index (χ0) is 17.2. The Morgan fingerprint density at radius 2 is 2.08 bits per heavy atom. The number of hydrogen-bond donors (Lipinski definition) is 0. The molecule has 0 radical (unpaired) electrons. The summed E-state index contributed by atoms with van der Waals surface area (Å²) in [5.41, 5.74) is 5.87. The van der Waals surface area contributed by atoms with Crippen LogP contribution in [0.2, 0.25) is 0 Å². The largest absolute Gasteiger partial charge is 0.369 e. The first-order valence-corrected chi connectivity index (χ1v) is 9.39. The summed E-state index contributed by atoms with van der Waals surface area (Å²) >= 11 is 1.53. The number of rotatable bonds is 2. The van der Waals surface area contributed by atoms with Gasteiger partial charge in [0.15, 0.2) is 0 Å². The van der Waals surface area contributed by atoms with Gasteiger partial charge in [-0.25, -0.2) is 4.98 Å². The van der Waals surface area contributed by atoms with Crippen LogP contribution in [0.3, 0.4) is 0 Å². The van der Waals surface area contributed by atoms with Crippen LogP contribution < -0.4 is 4.90 Å². The van der Waals surface area contributed by atoms with E-state index in [1.807, 2.05) is 35.5 Å². The molecule has 1 saturated heterocycles. The van der Waals surface area contributed by atoms with Crippen LogP contribution in [0, 0.1) is 6.92 Å². The molecule has 0 bridgehead atoms. The maximum absolute atomic E-state index is 13.1. The molecule has 0 unspecified atom stereocenters. The summed E-state index contributed by atoms with van der Waals surface area (Å²) in [6.07, 6.45) is 4.69. The minimum Gasteiger partial charge on any atom is -0.369 e. The minimum absolute atomic E-state index is 0.114. The van der Waals surface area contributed by atoms with Crippen molar-refractivity contribution in [2.24, 2.45) is 0 Å². The average Bonchev–Trinajstić information content (AvgIpc) is 2.98. The van der Waals surface area contributed by atoms with E-state index in [1.54, 1.807) is 5.51 Å². The van der Waals surface area contributed by atoms with Crippen LogP contribution >= 0.6 is 11.3 Å². The van der Waals surface area contributed by atoms with Crippen molar-refractivity contribution in [1.29, 1.82) is 0 Å². The van der Waals surface area contributed by atoms with Gasteiger partial charge in [-0.05, 0) is 37.1 Å². The molecule has 0 atom stereocenters. The molecule has 0 spiro atoms. The highest BCUT2D eigenvalue weighted by molar-refractivity contribution is 7.17. The van der Waals surface area contributed by atoms with Gasteiger partial charge in [0, 0.05) is 44.3 Å². The molecule has 3 aromatic rings. The van der Waals surface area contributed by atoms with Crippen molar-refractivity contribution in [2.75, 3.05) is 31.1 Å². The molecule has 0 aliphatic carbocycles. The third-order valence-corrected chi connectivity index (χ3v) is 5.58. The highest BCUT2D eigenvalue weighted by Crippen LogP contribution is 2.25. The van der Waals surface area contributed by atoms with E-state index in [4.69, 9.17) is 0 Å². The van der Waals surface area contributed by atoms with E-state index in [9.17, 15) is 4.79 Å². The van der Waals surface area contributed by atoms with Crippen LogP contribution in [0.1, 0.15) is 22.3 Å². The molecule has 6 heteroatoms. The number of thiazole rings is 1. The van der Waals surface area contributed by atoms with Gasteiger partial charge >= 0.3 is 0 Å². The fraction of sp³-hybridized carbons (Fsp3) is 0.316. The molecule has 2 aromatic heterocycles. The number of anilines is 1. The van der Waals surface area contributed by atoms with E-state index in [0.29, 0.717) is 0 Å². The second kappa shape index (κ2) is 6.80. The molecule has 3 heterocycles. The predicted molar refractivity (Wildman–Crippen MR) is 101 cm³/mol. The molecular weight excluding hydrogens is 332 g/mol. The number of hydrogen-bond acceptors (Lipinski definition) is 5. The molecule has 1 aliphatic rings. The van der Waals surface area contributed by atoms with Crippen LogP contribution in [0.25, 0.3) is 10.2 Å². The Bertz CT molecular complexity index is 907. The van der Waals surface area contributed by atoms with Crippen molar-refractivity contribution in [2.45, 2.75) is 13.3 Å². The molecule has 1 aliphatic heterocycles. The second-order valence-corrected chi connectivity index (χ2v) is 7.16. The highest BCUT2D eigenvalue weighted by Gasteiger charge is 2.22. The van der Waals surface area contributed by atoms with E-state index in [1.165, 1.54) is 22.6 Å². The fourth-order valence-electron chi connectivity index (χ4n) is 3.41. The summed E-state index contributed by atoms with van der Waals surface area (Å²) in [6.45, 7) is 5.40. The Morgan fingerprint density at radius 1 is 1.16 bits per heavy atom. The number of nitrogens with zero attached hydrogens (tertiary/aromatic N) is 4. The van der Waals surface area contributed by atoms with Gasteiger partial charge in [-0.3, -0.25) is 9.78 Å². The smallest absolute Gasteiger partial charge is 0.255 e. The summed E-state index contributed by atoms with van der Waals surface area (Å²) in [6, 6.07) is 7.85. The molecule has 1 amide bonds. The molecular formula is C19H20N4OS. The van der Waals surface area contributed by atoms with Crippen LogP contribution in [-0.4, -0.2) is 47.0 Å². The number of aromatic nitrogens is 2. The molecule has 25 heavy (non-hydrogen) atoms. The van der Waals surface area contributed by atoms with E-state index in [-0.39, 0.29) is 5.91 Å². The zero-order valence-electron chi connectivity index (χ0n) is 14.2. The number of benzene rings is 1. The van der Waals surface area contributed by atoms with Gasteiger partial charge in [-0.1, -0.05) is 6.07 Å². The lowest BCUT2D eigenvalue weighted by Crippen LogP contribution is -2.35. The fourth-order valence-corrected chi connectivity index (χ4v) is 4.20. The number of pyridine rings is 1.